The first-order valence-corrected chi connectivity index (χ1v) is 6.63. The van der Waals surface area contributed by atoms with Crippen molar-refractivity contribution in [1.82, 2.24) is 5.32 Å². The summed E-state index contributed by atoms with van der Waals surface area (Å²) in [5, 5.41) is 3.00. The summed E-state index contributed by atoms with van der Waals surface area (Å²) in [6, 6.07) is 0. The molecule has 0 aromatic rings. The Balaban J connectivity index is 0. The lowest BCUT2D eigenvalue weighted by molar-refractivity contribution is 1.10. The second-order valence-corrected chi connectivity index (χ2v) is 3.29. The van der Waals surface area contributed by atoms with E-state index in [1.54, 1.807) is 0 Å². The second-order valence-electron chi connectivity index (χ2n) is 3.29. The lowest BCUT2D eigenvalue weighted by Crippen LogP contribution is -1.92. The fraction of sp³-hybridized carbons (Fsp3) is 0.500. The monoisotopic (exact) mass is 235 g/mol. The van der Waals surface area contributed by atoms with Gasteiger partial charge in [0.15, 0.2) is 0 Å². The van der Waals surface area contributed by atoms with Crippen LogP contribution < -0.4 is 5.32 Å². The van der Waals surface area contributed by atoms with E-state index in [1.165, 1.54) is 16.7 Å². The van der Waals surface area contributed by atoms with Crippen LogP contribution in [0.2, 0.25) is 0 Å². The van der Waals surface area contributed by atoms with E-state index in [9.17, 15) is 0 Å². The molecule has 0 atom stereocenters. The predicted molar refractivity (Wildman–Crippen MR) is 81.1 cm³/mol. The van der Waals surface area contributed by atoms with Gasteiger partial charge < -0.3 is 5.32 Å². The maximum atomic E-state index is 3.00. The molecule has 0 saturated carbocycles. The van der Waals surface area contributed by atoms with Gasteiger partial charge in [-0.15, -0.1) is 0 Å². The summed E-state index contributed by atoms with van der Waals surface area (Å²) < 4.78 is 0. The van der Waals surface area contributed by atoms with Crippen LogP contribution in [0.15, 0.2) is 47.2 Å². The van der Waals surface area contributed by atoms with Crippen LogP contribution in [0.1, 0.15) is 48.0 Å². The maximum Gasteiger partial charge on any atom is 0.00277 e. The van der Waals surface area contributed by atoms with Crippen LogP contribution in [0.3, 0.4) is 0 Å². The van der Waals surface area contributed by atoms with E-state index < -0.39 is 0 Å². The van der Waals surface area contributed by atoms with E-state index >= 15 is 0 Å². The molecule has 98 valence electrons. The molecule has 0 bridgehead atoms. The van der Waals surface area contributed by atoms with Crippen molar-refractivity contribution in [2.75, 3.05) is 7.05 Å². The van der Waals surface area contributed by atoms with Gasteiger partial charge in [0.05, 0.1) is 0 Å². The summed E-state index contributed by atoms with van der Waals surface area (Å²) in [7, 11) is 1.91. The van der Waals surface area contributed by atoms with Crippen molar-refractivity contribution in [3.63, 3.8) is 0 Å². The highest BCUT2D eigenvalue weighted by molar-refractivity contribution is 5.44. The summed E-state index contributed by atoms with van der Waals surface area (Å²) in [4.78, 5) is 0. The van der Waals surface area contributed by atoms with Crippen molar-refractivity contribution in [3.8, 4) is 0 Å². The van der Waals surface area contributed by atoms with Crippen LogP contribution in [-0.4, -0.2) is 7.05 Å². The molecule has 0 unspecified atom stereocenters. The van der Waals surface area contributed by atoms with Crippen molar-refractivity contribution in [1.29, 1.82) is 0 Å². The van der Waals surface area contributed by atoms with Crippen LogP contribution in [0.5, 0.6) is 0 Å². The van der Waals surface area contributed by atoms with Gasteiger partial charge in [-0.1, -0.05) is 51.5 Å². The van der Waals surface area contributed by atoms with Gasteiger partial charge in [-0.05, 0) is 43.7 Å². The Hall–Kier alpha value is -1.24. The summed E-state index contributed by atoms with van der Waals surface area (Å²) >= 11 is 0. The molecule has 0 fully saturated rings. The van der Waals surface area contributed by atoms with Crippen molar-refractivity contribution in [2.24, 2.45) is 0 Å². The maximum absolute atomic E-state index is 3.00. The molecular formula is C16H29N. The largest absolute Gasteiger partial charge is 0.394 e. The van der Waals surface area contributed by atoms with E-state index in [4.69, 9.17) is 0 Å². The van der Waals surface area contributed by atoms with Crippen LogP contribution in [0.25, 0.3) is 0 Å². The normalized spacial score (nSPS) is 14.2. The average Bonchev–Trinajstić information content (AvgIpc) is 2.54. The molecular weight excluding hydrogens is 206 g/mol. The zero-order valence-corrected chi connectivity index (χ0v) is 12.6. The summed E-state index contributed by atoms with van der Waals surface area (Å²) in [5.74, 6) is 0. The number of rotatable bonds is 2. The Morgan fingerprint density at radius 3 is 2.18 bits per heavy atom. The first-order valence-electron chi connectivity index (χ1n) is 6.63. The minimum atomic E-state index is 1.05. The average molecular weight is 235 g/mol. The van der Waals surface area contributed by atoms with Crippen molar-refractivity contribution < 1.29 is 0 Å². The highest BCUT2D eigenvalue weighted by Crippen LogP contribution is 2.18. The summed E-state index contributed by atoms with van der Waals surface area (Å²) in [5.41, 5.74) is 3.98. The van der Waals surface area contributed by atoms with Crippen LogP contribution in [0.4, 0.5) is 0 Å². The van der Waals surface area contributed by atoms with E-state index in [2.05, 4.69) is 43.5 Å². The third kappa shape index (κ3) is 8.56. The lowest BCUT2D eigenvalue weighted by Gasteiger charge is -2.00. The van der Waals surface area contributed by atoms with Crippen molar-refractivity contribution in [3.05, 3.63) is 47.2 Å². The molecule has 1 rings (SSSR count). The Morgan fingerprint density at radius 2 is 1.65 bits per heavy atom. The minimum absolute atomic E-state index is 1.05. The molecule has 0 amide bonds. The predicted octanol–water partition coefficient (Wildman–Crippen LogP) is 4.99. The smallest absolute Gasteiger partial charge is 0.00277 e. The topological polar surface area (TPSA) is 12.0 Å². The van der Waals surface area contributed by atoms with Gasteiger partial charge in [0.25, 0.3) is 0 Å². The molecule has 0 saturated heterocycles. The van der Waals surface area contributed by atoms with Crippen molar-refractivity contribution in [2.45, 2.75) is 48.0 Å². The van der Waals surface area contributed by atoms with Gasteiger partial charge >= 0.3 is 0 Å². The third-order valence-corrected chi connectivity index (χ3v) is 2.13. The zero-order valence-electron chi connectivity index (χ0n) is 12.6. The summed E-state index contributed by atoms with van der Waals surface area (Å²) in [6.45, 7) is 12.3. The fourth-order valence-corrected chi connectivity index (χ4v) is 1.31. The molecule has 1 heteroatoms. The molecule has 0 spiro atoms. The highest BCUT2D eigenvalue weighted by atomic mass is 14.8. The van der Waals surface area contributed by atoms with Gasteiger partial charge in [0, 0.05) is 7.05 Å². The van der Waals surface area contributed by atoms with E-state index in [-0.39, 0.29) is 0 Å². The quantitative estimate of drug-likeness (QED) is 0.710. The van der Waals surface area contributed by atoms with Gasteiger partial charge in [-0.3, -0.25) is 0 Å². The molecule has 0 aliphatic heterocycles. The highest BCUT2D eigenvalue weighted by Gasteiger charge is 1.98. The molecule has 1 nitrogen and oxygen atoms in total. The number of nitrogens with one attached hydrogen (secondary N) is 1. The summed E-state index contributed by atoms with van der Waals surface area (Å²) in [6.07, 6.45) is 11.8. The molecule has 1 aliphatic rings. The fourth-order valence-electron chi connectivity index (χ4n) is 1.31. The van der Waals surface area contributed by atoms with Crippen molar-refractivity contribution >= 4 is 0 Å². The standard InChI is InChI=1S/C12H17N.2C2H6/c1-10-5-4-6-11(2)12(9-10)7-8-13-3;2*1-2/h5-9,13H,4H2,1-3H3;2*1-2H3/b8-7-;;. The Kier molecular flexibility index (Phi) is 13.7. The second kappa shape index (κ2) is 12.8. The van der Waals surface area contributed by atoms with Gasteiger partial charge in [0.1, 0.15) is 0 Å². The molecule has 0 aromatic heterocycles. The number of hydrogen-bond donors (Lipinski definition) is 1. The molecule has 17 heavy (non-hydrogen) atoms. The first-order chi connectivity index (χ1) is 8.24. The van der Waals surface area contributed by atoms with Gasteiger partial charge in [0.2, 0.25) is 0 Å². The SMILES string of the molecule is CC.CC.CN/C=C\C1=CC(C)=CCC=C1C. The number of hydrogen-bond acceptors (Lipinski definition) is 1. The molecule has 1 aliphatic carbocycles. The van der Waals surface area contributed by atoms with E-state index in [1.807, 2.05) is 40.9 Å². The molecule has 0 radical (unpaired) electrons. The van der Waals surface area contributed by atoms with Crippen LogP contribution in [0, 0.1) is 0 Å². The zero-order chi connectivity index (χ0) is 13.7. The number of allylic oxidation sites excluding steroid dienone is 7. The third-order valence-electron chi connectivity index (χ3n) is 2.13. The lowest BCUT2D eigenvalue weighted by atomic mass is 10.1. The van der Waals surface area contributed by atoms with E-state index in [0.717, 1.165) is 6.42 Å². The minimum Gasteiger partial charge on any atom is -0.394 e. The van der Waals surface area contributed by atoms with E-state index in [0.29, 0.717) is 0 Å². The van der Waals surface area contributed by atoms with Crippen LogP contribution >= 0.6 is 0 Å². The Bertz CT molecular complexity index is 291. The Morgan fingerprint density at radius 1 is 1.06 bits per heavy atom. The molecule has 0 aromatic carbocycles. The molecule has 1 N–H and O–H groups in total. The Labute approximate surface area is 108 Å². The first kappa shape index (κ1) is 18.1. The molecule has 0 heterocycles. The van der Waals surface area contributed by atoms with Gasteiger partial charge in [-0.25, -0.2) is 0 Å². The van der Waals surface area contributed by atoms with Gasteiger partial charge in [-0.2, -0.15) is 0 Å². The van der Waals surface area contributed by atoms with Crippen LogP contribution in [-0.2, 0) is 0 Å².